The van der Waals surface area contributed by atoms with Crippen molar-refractivity contribution in [1.29, 1.82) is 0 Å². The molecule has 0 amide bonds. The molecule has 0 aliphatic carbocycles. The molecule has 4 aromatic rings. The number of rotatable bonds is 3. The second kappa shape index (κ2) is 5.41. The maximum Gasteiger partial charge on any atom is 0.195 e. The van der Waals surface area contributed by atoms with Crippen molar-refractivity contribution < 1.29 is 9.15 Å². The van der Waals surface area contributed by atoms with E-state index in [1.165, 1.54) is 6.26 Å². The van der Waals surface area contributed by atoms with Crippen molar-refractivity contribution in [3.05, 3.63) is 77.9 Å². The molecule has 0 atom stereocenters. The van der Waals surface area contributed by atoms with Gasteiger partial charge in [-0.1, -0.05) is 12.6 Å². The van der Waals surface area contributed by atoms with Gasteiger partial charge >= 0.3 is 0 Å². The van der Waals surface area contributed by atoms with Crippen LogP contribution in [0, 0.1) is 0 Å². The van der Waals surface area contributed by atoms with Crippen LogP contribution in [-0.2, 0) is 0 Å². The highest BCUT2D eigenvalue weighted by Crippen LogP contribution is 2.31. The maximum atomic E-state index is 12.7. The Balaban J connectivity index is 1.99. The summed E-state index contributed by atoms with van der Waals surface area (Å²) in [5.74, 6) is 1.46. The molecule has 2 aromatic heterocycles. The molecule has 4 heteroatoms. The summed E-state index contributed by atoms with van der Waals surface area (Å²) < 4.78 is 12.5. The van der Waals surface area contributed by atoms with E-state index in [4.69, 9.17) is 9.15 Å². The molecule has 2 aromatic carbocycles. The zero-order valence-electron chi connectivity index (χ0n) is 12.1. The minimum absolute atomic E-state index is 0.0323. The van der Waals surface area contributed by atoms with Crippen molar-refractivity contribution in [1.82, 2.24) is 0 Å². The van der Waals surface area contributed by atoms with Gasteiger partial charge in [-0.15, -0.1) is 11.3 Å². The first-order chi connectivity index (χ1) is 11.3. The Kier molecular flexibility index (Phi) is 3.24. The normalized spacial score (nSPS) is 11.0. The highest BCUT2D eigenvalue weighted by molar-refractivity contribution is 7.24. The third-order valence-corrected chi connectivity index (χ3v) is 4.78. The first-order valence-corrected chi connectivity index (χ1v) is 7.90. The largest absolute Gasteiger partial charge is 0.466 e. The molecule has 0 radical (unpaired) electrons. The van der Waals surface area contributed by atoms with Crippen molar-refractivity contribution in [3.8, 4) is 17.1 Å². The van der Waals surface area contributed by atoms with E-state index in [-0.39, 0.29) is 5.43 Å². The predicted octanol–water partition coefficient (Wildman–Crippen LogP) is 5.20. The maximum absolute atomic E-state index is 12.7. The third-order valence-electron chi connectivity index (χ3n) is 3.67. The van der Waals surface area contributed by atoms with Crippen molar-refractivity contribution in [2.75, 3.05) is 0 Å². The van der Waals surface area contributed by atoms with Crippen LogP contribution in [0.2, 0.25) is 0 Å². The second-order valence-corrected chi connectivity index (χ2v) is 6.15. The number of furan rings is 1. The molecule has 0 bridgehead atoms. The highest BCUT2D eigenvalue weighted by Gasteiger charge is 2.09. The fourth-order valence-corrected chi connectivity index (χ4v) is 3.74. The standard InChI is InChI=1S/C19H12O3S/c1-2-21-13-6-8-15-18(11-13)23-17-10-12(16-4-3-9-22-16)5-7-14(17)19(15)20/h2-11H,1H2. The molecule has 0 unspecified atom stereocenters. The number of hydrogen-bond donors (Lipinski definition) is 0. The van der Waals surface area contributed by atoms with Gasteiger partial charge in [0, 0.05) is 25.7 Å². The Morgan fingerprint density at radius 2 is 1.83 bits per heavy atom. The van der Waals surface area contributed by atoms with Crippen LogP contribution in [0.4, 0.5) is 0 Å². The van der Waals surface area contributed by atoms with Crippen LogP contribution >= 0.6 is 11.3 Å². The lowest BCUT2D eigenvalue weighted by Crippen LogP contribution is -2.00. The van der Waals surface area contributed by atoms with E-state index < -0.39 is 0 Å². The minimum atomic E-state index is 0.0323. The smallest absolute Gasteiger partial charge is 0.195 e. The van der Waals surface area contributed by atoms with Gasteiger partial charge < -0.3 is 9.15 Å². The lowest BCUT2D eigenvalue weighted by Gasteiger charge is -2.05. The van der Waals surface area contributed by atoms with Gasteiger partial charge in [0.25, 0.3) is 0 Å². The molecule has 0 fully saturated rings. The van der Waals surface area contributed by atoms with Gasteiger partial charge in [-0.2, -0.15) is 0 Å². The van der Waals surface area contributed by atoms with E-state index in [2.05, 4.69) is 6.58 Å². The molecule has 2 heterocycles. The Hall–Kier alpha value is -2.85. The van der Waals surface area contributed by atoms with E-state index in [1.807, 2.05) is 36.4 Å². The van der Waals surface area contributed by atoms with Gasteiger partial charge in [0.05, 0.1) is 12.5 Å². The number of ether oxygens (including phenoxy) is 1. The molecule has 23 heavy (non-hydrogen) atoms. The molecular weight excluding hydrogens is 308 g/mol. The van der Waals surface area contributed by atoms with Gasteiger partial charge in [-0.05, 0) is 42.5 Å². The number of fused-ring (bicyclic) bond motifs is 2. The summed E-state index contributed by atoms with van der Waals surface area (Å²) in [5, 5.41) is 1.42. The molecule has 0 spiro atoms. The van der Waals surface area contributed by atoms with E-state index in [0.717, 1.165) is 26.1 Å². The Morgan fingerprint density at radius 1 is 1.04 bits per heavy atom. The lowest BCUT2D eigenvalue weighted by atomic mass is 10.1. The molecule has 0 saturated carbocycles. The highest BCUT2D eigenvalue weighted by atomic mass is 32.1. The third kappa shape index (κ3) is 2.33. The van der Waals surface area contributed by atoms with E-state index >= 15 is 0 Å². The Bertz CT molecular complexity index is 1080. The van der Waals surface area contributed by atoms with Crippen LogP contribution in [0.1, 0.15) is 0 Å². The van der Waals surface area contributed by atoms with Gasteiger partial charge in [0.15, 0.2) is 5.43 Å². The van der Waals surface area contributed by atoms with Gasteiger partial charge in [-0.25, -0.2) is 0 Å². The van der Waals surface area contributed by atoms with E-state index in [1.54, 1.807) is 29.7 Å². The molecular formula is C19H12O3S. The lowest BCUT2D eigenvalue weighted by molar-refractivity contribution is 0.484. The predicted molar refractivity (Wildman–Crippen MR) is 94.1 cm³/mol. The van der Waals surface area contributed by atoms with Crippen LogP contribution in [0.15, 0.2) is 76.8 Å². The quantitative estimate of drug-likeness (QED) is 0.385. The monoisotopic (exact) mass is 320 g/mol. The van der Waals surface area contributed by atoms with Crippen molar-refractivity contribution in [2.24, 2.45) is 0 Å². The fourth-order valence-electron chi connectivity index (χ4n) is 2.60. The molecule has 4 rings (SSSR count). The van der Waals surface area contributed by atoms with Gasteiger partial charge in [0.1, 0.15) is 11.5 Å². The first kappa shape index (κ1) is 13.8. The summed E-state index contributed by atoms with van der Waals surface area (Å²) in [6.07, 6.45) is 3.02. The summed E-state index contributed by atoms with van der Waals surface area (Å²) in [6.45, 7) is 3.55. The summed E-state index contributed by atoms with van der Waals surface area (Å²) >= 11 is 1.56. The van der Waals surface area contributed by atoms with Crippen LogP contribution in [0.25, 0.3) is 31.5 Å². The topological polar surface area (TPSA) is 39.4 Å². The van der Waals surface area contributed by atoms with Crippen molar-refractivity contribution in [2.45, 2.75) is 0 Å². The summed E-state index contributed by atoms with van der Waals surface area (Å²) in [7, 11) is 0. The molecule has 0 saturated heterocycles. The summed E-state index contributed by atoms with van der Waals surface area (Å²) in [4.78, 5) is 12.7. The van der Waals surface area contributed by atoms with Crippen LogP contribution in [-0.4, -0.2) is 0 Å². The van der Waals surface area contributed by atoms with Gasteiger partial charge in [-0.3, -0.25) is 4.79 Å². The second-order valence-electron chi connectivity index (χ2n) is 5.06. The molecule has 112 valence electrons. The average molecular weight is 320 g/mol. The number of benzene rings is 2. The van der Waals surface area contributed by atoms with E-state index in [9.17, 15) is 4.79 Å². The Labute approximate surface area is 136 Å². The van der Waals surface area contributed by atoms with E-state index in [0.29, 0.717) is 11.1 Å². The summed E-state index contributed by atoms with van der Waals surface area (Å²) in [5.41, 5.74) is 0.987. The zero-order chi connectivity index (χ0) is 15.8. The fraction of sp³-hybridized carbons (Fsp3) is 0. The first-order valence-electron chi connectivity index (χ1n) is 7.08. The molecule has 0 aliphatic rings. The Morgan fingerprint density at radius 3 is 2.57 bits per heavy atom. The van der Waals surface area contributed by atoms with Crippen LogP contribution in [0.5, 0.6) is 5.75 Å². The summed E-state index contributed by atoms with van der Waals surface area (Å²) in [6, 6.07) is 15.0. The average Bonchev–Trinajstić information content (AvgIpc) is 3.09. The van der Waals surface area contributed by atoms with Crippen molar-refractivity contribution in [3.63, 3.8) is 0 Å². The SMILES string of the molecule is C=COc1ccc2c(=O)c3ccc(-c4ccco4)cc3sc2c1. The molecule has 3 nitrogen and oxygen atoms in total. The molecule has 0 N–H and O–H groups in total. The van der Waals surface area contributed by atoms with Crippen LogP contribution < -0.4 is 10.2 Å². The zero-order valence-corrected chi connectivity index (χ0v) is 12.9. The van der Waals surface area contributed by atoms with Gasteiger partial charge in [0.2, 0.25) is 0 Å². The minimum Gasteiger partial charge on any atom is -0.466 e. The van der Waals surface area contributed by atoms with Crippen molar-refractivity contribution >= 4 is 31.5 Å². The number of hydrogen-bond acceptors (Lipinski definition) is 4. The van der Waals surface area contributed by atoms with Crippen LogP contribution in [0.3, 0.4) is 0 Å². The molecule has 0 aliphatic heterocycles.